The number of hydrogen-bond acceptors (Lipinski definition) is 2. The summed E-state index contributed by atoms with van der Waals surface area (Å²) in [4.78, 5) is 12.6. The highest BCUT2D eigenvalue weighted by atomic mass is 16.3. The first-order chi connectivity index (χ1) is 12.7. The first kappa shape index (κ1) is 19.9. The number of carbonyl (C=O) groups is 1. The smallest absolute Gasteiger partial charge is 0.133 e. The Labute approximate surface area is 166 Å². The molecule has 4 fully saturated rings. The minimum atomic E-state index is -0.443. The molecule has 4 saturated carbocycles. The second kappa shape index (κ2) is 6.85. The van der Waals surface area contributed by atoms with E-state index in [0.29, 0.717) is 23.0 Å². The van der Waals surface area contributed by atoms with Gasteiger partial charge in [0.1, 0.15) is 5.78 Å². The highest BCUT2D eigenvalue weighted by Crippen LogP contribution is 2.67. The van der Waals surface area contributed by atoms with E-state index < -0.39 is 5.60 Å². The van der Waals surface area contributed by atoms with Crippen LogP contribution in [0.1, 0.15) is 105 Å². The molecular formula is C25H42O2. The Hall–Kier alpha value is -0.370. The molecule has 4 aliphatic rings. The van der Waals surface area contributed by atoms with Gasteiger partial charge in [-0.2, -0.15) is 0 Å². The van der Waals surface area contributed by atoms with Crippen molar-refractivity contribution in [2.75, 3.05) is 0 Å². The van der Waals surface area contributed by atoms with Gasteiger partial charge in [0.15, 0.2) is 0 Å². The van der Waals surface area contributed by atoms with Crippen molar-refractivity contribution in [3.63, 3.8) is 0 Å². The van der Waals surface area contributed by atoms with Crippen LogP contribution >= 0.6 is 0 Å². The number of carbonyl (C=O) groups excluding carboxylic acids is 1. The number of rotatable bonds is 2. The Morgan fingerprint density at radius 1 is 0.963 bits per heavy atom. The van der Waals surface area contributed by atoms with Gasteiger partial charge >= 0.3 is 0 Å². The van der Waals surface area contributed by atoms with E-state index in [1.54, 1.807) is 0 Å². The normalized spacial score (nSPS) is 52.9. The van der Waals surface area contributed by atoms with Crippen LogP contribution in [0.4, 0.5) is 0 Å². The van der Waals surface area contributed by atoms with Crippen molar-refractivity contribution in [1.29, 1.82) is 0 Å². The van der Waals surface area contributed by atoms with Crippen LogP contribution < -0.4 is 0 Å². The number of ketones is 1. The predicted molar refractivity (Wildman–Crippen MR) is 110 cm³/mol. The van der Waals surface area contributed by atoms with Crippen molar-refractivity contribution in [3.8, 4) is 0 Å². The first-order valence-corrected chi connectivity index (χ1v) is 12.0. The summed E-state index contributed by atoms with van der Waals surface area (Å²) in [5, 5.41) is 10.7. The Bertz CT molecular complexity index is 581. The highest BCUT2D eigenvalue weighted by molar-refractivity contribution is 5.79. The molecule has 2 nitrogen and oxygen atoms in total. The summed E-state index contributed by atoms with van der Waals surface area (Å²) in [6.45, 7) is 8.84. The molecule has 0 saturated heterocycles. The second-order valence-corrected chi connectivity index (χ2v) is 11.4. The Morgan fingerprint density at radius 2 is 1.70 bits per heavy atom. The Kier molecular flexibility index (Phi) is 5.06. The molecule has 4 aliphatic carbocycles. The zero-order chi connectivity index (χ0) is 19.4. The van der Waals surface area contributed by atoms with Crippen LogP contribution in [0.15, 0.2) is 0 Å². The third kappa shape index (κ3) is 3.04. The van der Waals surface area contributed by atoms with Gasteiger partial charge in [-0.3, -0.25) is 4.79 Å². The largest absolute Gasteiger partial charge is 0.390 e. The summed E-state index contributed by atoms with van der Waals surface area (Å²) in [5.74, 6) is 3.87. The molecule has 2 heteroatoms. The average Bonchev–Trinajstić information content (AvgIpc) is 2.79. The maximum Gasteiger partial charge on any atom is 0.133 e. The summed E-state index contributed by atoms with van der Waals surface area (Å²) < 4.78 is 0. The second-order valence-electron chi connectivity index (χ2n) is 11.4. The Morgan fingerprint density at radius 3 is 2.41 bits per heavy atom. The molecule has 0 amide bonds. The van der Waals surface area contributed by atoms with Crippen molar-refractivity contribution in [3.05, 3.63) is 0 Å². The SMILES string of the molecule is CC[C@]12CC[C@@](C)(O)C[C@H]1CC[C@H]1[C@@H]3CCCC[C@H](C(C)=O)[C@@]3(C)CC[C@@H]12. The van der Waals surface area contributed by atoms with Crippen molar-refractivity contribution >= 4 is 5.78 Å². The molecule has 27 heavy (non-hydrogen) atoms. The topological polar surface area (TPSA) is 37.3 Å². The monoisotopic (exact) mass is 374 g/mol. The zero-order valence-electron chi connectivity index (χ0n) is 18.2. The quantitative estimate of drug-likeness (QED) is 0.629. The van der Waals surface area contributed by atoms with Crippen LogP contribution in [0.25, 0.3) is 0 Å². The average molecular weight is 375 g/mol. The summed E-state index contributed by atoms with van der Waals surface area (Å²) in [6.07, 6.45) is 14.8. The van der Waals surface area contributed by atoms with Gasteiger partial charge in [0, 0.05) is 5.92 Å². The zero-order valence-corrected chi connectivity index (χ0v) is 18.2. The van der Waals surface area contributed by atoms with Crippen LogP contribution in [-0.2, 0) is 4.79 Å². The fourth-order valence-electron chi connectivity index (χ4n) is 8.98. The summed E-state index contributed by atoms with van der Waals surface area (Å²) >= 11 is 0. The standard InChI is InChI=1S/C25H42O2/c1-5-25-15-14-23(3,27)16-18(25)10-11-19-21-9-7-6-8-20(17(2)26)24(21,4)13-12-22(19)25/h18-22,27H,5-16H2,1-4H3/t18-,19+,20-,21+,22+,23-,24-,25+/m1/s1. The van der Waals surface area contributed by atoms with E-state index in [0.717, 1.165) is 37.0 Å². The third-order valence-corrected chi connectivity index (χ3v) is 10.3. The summed E-state index contributed by atoms with van der Waals surface area (Å²) in [6, 6.07) is 0. The maximum absolute atomic E-state index is 12.6. The van der Waals surface area contributed by atoms with E-state index in [4.69, 9.17) is 0 Å². The van der Waals surface area contributed by atoms with E-state index in [2.05, 4.69) is 20.8 Å². The molecule has 4 rings (SSSR count). The summed E-state index contributed by atoms with van der Waals surface area (Å²) in [5.41, 5.74) is 0.261. The molecule has 0 aliphatic heterocycles. The molecule has 0 bridgehead atoms. The van der Waals surface area contributed by atoms with Crippen molar-refractivity contribution in [2.24, 2.45) is 40.4 Å². The van der Waals surface area contributed by atoms with Crippen LogP contribution in [0.2, 0.25) is 0 Å². The molecule has 0 spiro atoms. The number of aliphatic hydroxyl groups is 1. The van der Waals surface area contributed by atoms with E-state index in [9.17, 15) is 9.90 Å². The fourth-order valence-corrected chi connectivity index (χ4v) is 8.98. The molecule has 0 aromatic carbocycles. The van der Waals surface area contributed by atoms with Crippen molar-refractivity contribution in [2.45, 2.75) is 110 Å². The van der Waals surface area contributed by atoms with Gasteiger partial charge in [0.2, 0.25) is 0 Å². The fraction of sp³-hybridized carbons (Fsp3) is 0.960. The van der Waals surface area contributed by atoms with Gasteiger partial charge in [0.25, 0.3) is 0 Å². The van der Waals surface area contributed by atoms with E-state index >= 15 is 0 Å². The first-order valence-electron chi connectivity index (χ1n) is 12.0. The molecule has 0 unspecified atom stereocenters. The van der Waals surface area contributed by atoms with Crippen LogP contribution in [0, 0.1) is 40.4 Å². The third-order valence-electron chi connectivity index (χ3n) is 10.3. The van der Waals surface area contributed by atoms with Gasteiger partial charge < -0.3 is 5.11 Å². The van der Waals surface area contributed by atoms with Gasteiger partial charge in [0.05, 0.1) is 5.60 Å². The lowest BCUT2D eigenvalue weighted by atomic mass is 9.41. The van der Waals surface area contributed by atoms with Crippen LogP contribution in [0.3, 0.4) is 0 Å². The molecule has 0 heterocycles. The van der Waals surface area contributed by atoms with Crippen molar-refractivity contribution in [1.82, 2.24) is 0 Å². The lowest BCUT2D eigenvalue weighted by Crippen LogP contribution is -2.57. The summed E-state index contributed by atoms with van der Waals surface area (Å²) in [7, 11) is 0. The molecule has 154 valence electrons. The van der Waals surface area contributed by atoms with Crippen LogP contribution in [0.5, 0.6) is 0 Å². The van der Waals surface area contributed by atoms with E-state index in [1.807, 2.05) is 6.92 Å². The molecule has 0 aromatic rings. The number of Topliss-reactive ketones (excluding diaryl/α,β-unsaturated/α-hetero) is 1. The van der Waals surface area contributed by atoms with Crippen LogP contribution in [-0.4, -0.2) is 16.5 Å². The number of fused-ring (bicyclic) bond motifs is 5. The predicted octanol–water partition coefficient (Wildman–Crippen LogP) is 6.16. The van der Waals surface area contributed by atoms with Gasteiger partial charge in [-0.05, 0) is 113 Å². The lowest BCUT2D eigenvalue weighted by molar-refractivity contribution is -0.166. The minimum absolute atomic E-state index is 0.241. The van der Waals surface area contributed by atoms with E-state index in [-0.39, 0.29) is 5.41 Å². The molecule has 0 radical (unpaired) electrons. The maximum atomic E-state index is 12.6. The molecule has 0 aromatic heterocycles. The molecule has 1 N–H and O–H groups in total. The minimum Gasteiger partial charge on any atom is -0.390 e. The highest BCUT2D eigenvalue weighted by Gasteiger charge is 2.60. The van der Waals surface area contributed by atoms with E-state index in [1.165, 1.54) is 57.8 Å². The van der Waals surface area contributed by atoms with Gasteiger partial charge in [-0.15, -0.1) is 0 Å². The number of hydrogen-bond donors (Lipinski definition) is 1. The van der Waals surface area contributed by atoms with Gasteiger partial charge in [-0.1, -0.05) is 26.7 Å². The lowest BCUT2D eigenvalue weighted by Gasteiger charge is -2.64. The molecule has 8 atom stereocenters. The Balaban J connectivity index is 1.67. The van der Waals surface area contributed by atoms with Crippen molar-refractivity contribution < 1.29 is 9.90 Å². The van der Waals surface area contributed by atoms with Gasteiger partial charge in [-0.25, -0.2) is 0 Å². The molecular weight excluding hydrogens is 332 g/mol.